The van der Waals surface area contributed by atoms with Gasteiger partial charge in [-0.3, -0.25) is 4.79 Å². The van der Waals surface area contributed by atoms with E-state index in [0.29, 0.717) is 20.9 Å². The first-order chi connectivity index (χ1) is 7.06. The fourth-order valence-electron chi connectivity index (χ4n) is 1.05. The third kappa shape index (κ3) is 3.37. The number of amides is 1. The third-order valence-electron chi connectivity index (χ3n) is 1.80. The Labute approximate surface area is 107 Å². The van der Waals surface area contributed by atoms with Crippen molar-refractivity contribution in [2.24, 2.45) is 0 Å². The molecule has 1 amide bonds. The van der Waals surface area contributed by atoms with Crippen molar-refractivity contribution in [1.82, 2.24) is 5.32 Å². The summed E-state index contributed by atoms with van der Waals surface area (Å²) in [6, 6.07) is 5.02. The van der Waals surface area contributed by atoms with Gasteiger partial charge in [0.05, 0.1) is 15.6 Å². The minimum absolute atomic E-state index is 0.0323. The quantitative estimate of drug-likeness (QED) is 0.851. The van der Waals surface area contributed by atoms with Crippen LogP contribution in [0.15, 0.2) is 18.2 Å². The lowest BCUT2D eigenvalue weighted by molar-refractivity contribution is 0.0944. The standard InChI is InChI=1S/C10H10BrCl2NO/c1-6(5-11)14-10(15)9-7(12)3-2-4-8(9)13/h2-4,6H,5H2,1H3,(H,14,15). The molecular weight excluding hydrogens is 301 g/mol. The molecule has 15 heavy (non-hydrogen) atoms. The number of hydrogen-bond donors (Lipinski definition) is 1. The molecule has 0 aliphatic rings. The zero-order valence-electron chi connectivity index (χ0n) is 8.06. The van der Waals surface area contributed by atoms with Crippen LogP contribution in [0.4, 0.5) is 0 Å². The summed E-state index contributed by atoms with van der Waals surface area (Å²) >= 11 is 15.1. The summed E-state index contributed by atoms with van der Waals surface area (Å²) < 4.78 is 0. The molecule has 1 aromatic carbocycles. The van der Waals surface area contributed by atoms with E-state index in [9.17, 15) is 4.79 Å². The van der Waals surface area contributed by atoms with Crippen LogP contribution < -0.4 is 5.32 Å². The summed E-state index contributed by atoms with van der Waals surface area (Å²) in [4.78, 5) is 11.8. The molecule has 0 saturated heterocycles. The monoisotopic (exact) mass is 309 g/mol. The lowest BCUT2D eigenvalue weighted by Gasteiger charge is -2.12. The van der Waals surface area contributed by atoms with Crippen LogP contribution in [-0.4, -0.2) is 17.3 Å². The lowest BCUT2D eigenvalue weighted by Crippen LogP contribution is -2.33. The van der Waals surface area contributed by atoms with E-state index in [1.165, 1.54) is 0 Å². The van der Waals surface area contributed by atoms with Gasteiger partial charge in [0.1, 0.15) is 0 Å². The summed E-state index contributed by atoms with van der Waals surface area (Å²) in [6.45, 7) is 1.89. The van der Waals surface area contributed by atoms with Crippen molar-refractivity contribution in [3.05, 3.63) is 33.8 Å². The fraction of sp³-hybridized carbons (Fsp3) is 0.300. The molecule has 0 aliphatic carbocycles. The Kier molecular flexibility index (Phi) is 4.90. The Morgan fingerprint density at radius 1 is 1.47 bits per heavy atom. The third-order valence-corrected chi connectivity index (χ3v) is 3.40. The van der Waals surface area contributed by atoms with Crippen molar-refractivity contribution in [2.75, 3.05) is 5.33 Å². The molecule has 0 fully saturated rings. The number of carbonyl (C=O) groups excluding carboxylic acids is 1. The summed E-state index contributed by atoms with van der Waals surface area (Å²) in [5.74, 6) is -0.252. The molecule has 0 aromatic heterocycles. The number of alkyl halides is 1. The van der Waals surface area contributed by atoms with Crippen LogP contribution in [0.2, 0.25) is 10.0 Å². The average molecular weight is 311 g/mol. The molecule has 0 aliphatic heterocycles. The largest absolute Gasteiger partial charge is 0.349 e. The van der Waals surface area contributed by atoms with Crippen molar-refractivity contribution in [1.29, 1.82) is 0 Å². The first-order valence-electron chi connectivity index (χ1n) is 4.37. The van der Waals surface area contributed by atoms with Gasteiger partial charge in [-0.05, 0) is 19.1 Å². The molecule has 1 rings (SSSR count). The van der Waals surface area contributed by atoms with Gasteiger partial charge >= 0.3 is 0 Å². The zero-order valence-corrected chi connectivity index (χ0v) is 11.2. The lowest BCUT2D eigenvalue weighted by atomic mass is 10.2. The Morgan fingerprint density at radius 3 is 2.47 bits per heavy atom. The van der Waals surface area contributed by atoms with Crippen LogP contribution in [0.5, 0.6) is 0 Å². The molecule has 1 N–H and O–H groups in total. The molecule has 2 nitrogen and oxygen atoms in total. The smallest absolute Gasteiger partial charge is 0.254 e. The Bertz CT molecular complexity index is 350. The van der Waals surface area contributed by atoms with Crippen LogP contribution >= 0.6 is 39.1 Å². The summed E-state index contributed by atoms with van der Waals surface area (Å²) in [5, 5.41) is 4.18. The minimum Gasteiger partial charge on any atom is -0.349 e. The van der Waals surface area contributed by atoms with Crippen LogP contribution in [0, 0.1) is 0 Å². The van der Waals surface area contributed by atoms with E-state index in [1.807, 2.05) is 6.92 Å². The van der Waals surface area contributed by atoms with Gasteiger partial charge < -0.3 is 5.32 Å². The molecule has 82 valence electrons. The molecule has 0 spiro atoms. The Balaban J connectivity index is 2.91. The molecule has 0 radical (unpaired) electrons. The molecular formula is C10H10BrCl2NO. The SMILES string of the molecule is CC(CBr)NC(=O)c1c(Cl)cccc1Cl. The highest BCUT2D eigenvalue weighted by atomic mass is 79.9. The molecule has 1 aromatic rings. The molecule has 5 heteroatoms. The van der Waals surface area contributed by atoms with E-state index in [1.54, 1.807) is 18.2 Å². The van der Waals surface area contributed by atoms with Gasteiger partial charge in [0.15, 0.2) is 0 Å². The Morgan fingerprint density at radius 2 is 2.00 bits per heavy atom. The molecule has 0 heterocycles. The van der Waals surface area contributed by atoms with Crippen LogP contribution in [0.25, 0.3) is 0 Å². The second-order valence-corrected chi connectivity index (χ2v) is 4.59. The van der Waals surface area contributed by atoms with Crippen molar-refractivity contribution in [3.63, 3.8) is 0 Å². The topological polar surface area (TPSA) is 29.1 Å². The van der Waals surface area contributed by atoms with Crippen LogP contribution in [-0.2, 0) is 0 Å². The predicted octanol–water partition coefficient (Wildman–Crippen LogP) is 3.51. The summed E-state index contributed by atoms with van der Waals surface area (Å²) in [6.07, 6.45) is 0. The molecule has 0 saturated carbocycles. The van der Waals surface area contributed by atoms with Crippen LogP contribution in [0.3, 0.4) is 0 Å². The number of nitrogens with one attached hydrogen (secondary N) is 1. The van der Waals surface area contributed by atoms with Gasteiger partial charge in [-0.1, -0.05) is 45.2 Å². The van der Waals surface area contributed by atoms with E-state index in [4.69, 9.17) is 23.2 Å². The summed E-state index contributed by atoms with van der Waals surface area (Å²) in [7, 11) is 0. The van der Waals surface area contributed by atoms with Gasteiger partial charge in [0.25, 0.3) is 5.91 Å². The molecule has 1 unspecified atom stereocenters. The fourth-order valence-corrected chi connectivity index (χ4v) is 1.78. The van der Waals surface area contributed by atoms with Gasteiger partial charge in [-0.15, -0.1) is 0 Å². The maximum atomic E-state index is 11.8. The highest BCUT2D eigenvalue weighted by Crippen LogP contribution is 2.24. The molecule has 1 atom stereocenters. The van der Waals surface area contributed by atoms with Crippen molar-refractivity contribution < 1.29 is 4.79 Å². The van der Waals surface area contributed by atoms with E-state index >= 15 is 0 Å². The van der Waals surface area contributed by atoms with E-state index < -0.39 is 0 Å². The number of rotatable bonds is 3. The maximum absolute atomic E-state index is 11.8. The minimum atomic E-state index is -0.252. The number of carbonyl (C=O) groups is 1. The highest BCUT2D eigenvalue weighted by Gasteiger charge is 2.15. The maximum Gasteiger partial charge on any atom is 0.254 e. The first-order valence-corrected chi connectivity index (χ1v) is 6.25. The normalized spacial score (nSPS) is 12.3. The second-order valence-electron chi connectivity index (χ2n) is 3.13. The second kappa shape index (κ2) is 5.73. The van der Waals surface area contributed by atoms with Crippen LogP contribution in [0.1, 0.15) is 17.3 Å². The van der Waals surface area contributed by atoms with Gasteiger partial charge in [0, 0.05) is 11.4 Å². The van der Waals surface area contributed by atoms with Crippen molar-refractivity contribution >= 4 is 45.0 Å². The first kappa shape index (κ1) is 12.8. The number of hydrogen-bond acceptors (Lipinski definition) is 1. The van der Waals surface area contributed by atoms with E-state index in [2.05, 4.69) is 21.2 Å². The van der Waals surface area contributed by atoms with E-state index in [0.717, 1.165) is 0 Å². The van der Waals surface area contributed by atoms with Crippen molar-refractivity contribution in [2.45, 2.75) is 13.0 Å². The van der Waals surface area contributed by atoms with E-state index in [-0.39, 0.29) is 11.9 Å². The highest BCUT2D eigenvalue weighted by molar-refractivity contribution is 9.09. The number of benzene rings is 1. The molecule has 0 bridgehead atoms. The van der Waals surface area contributed by atoms with Gasteiger partial charge in [0.2, 0.25) is 0 Å². The Hall–Kier alpha value is -0.250. The zero-order chi connectivity index (χ0) is 11.4. The predicted molar refractivity (Wildman–Crippen MR) is 67.2 cm³/mol. The van der Waals surface area contributed by atoms with Gasteiger partial charge in [-0.25, -0.2) is 0 Å². The van der Waals surface area contributed by atoms with Crippen molar-refractivity contribution in [3.8, 4) is 0 Å². The summed E-state index contributed by atoms with van der Waals surface area (Å²) in [5.41, 5.74) is 0.327. The average Bonchev–Trinajstić information content (AvgIpc) is 2.17. The number of halogens is 3. The van der Waals surface area contributed by atoms with Gasteiger partial charge in [-0.2, -0.15) is 0 Å².